The van der Waals surface area contributed by atoms with E-state index in [4.69, 9.17) is 0 Å². The van der Waals surface area contributed by atoms with Crippen molar-refractivity contribution in [1.82, 2.24) is 13.7 Å². The second kappa shape index (κ2) is 7.56. The van der Waals surface area contributed by atoms with Crippen LogP contribution in [-0.2, 0) is 14.1 Å². The van der Waals surface area contributed by atoms with Crippen molar-refractivity contribution in [2.45, 2.75) is 0 Å². The Balaban J connectivity index is 2.03. The predicted molar refractivity (Wildman–Crippen MR) is 131 cm³/mol. The number of nitro benzene ring substituents is 1. The fourth-order valence-corrected chi connectivity index (χ4v) is 4.66. The smallest absolute Gasteiger partial charge is 0.313 e. The highest BCUT2D eigenvalue weighted by atomic mass is 79.9. The van der Waals surface area contributed by atoms with Crippen molar-refractivity contribution in [3.05, 3.63) is 102 Å². The molecule has 0 saturated heterocycles. The van der Waals surface area contributed by atoms with E-state index in [1.54, 1.807) is 19.3 Å². The van der Waals surface area contributed by atoms with Gasteiger partial charge in [-0.25, -0.2) is 4.79 Å². The molecule has 5 rings (SSSR count). The van der Waals surface area contributed by atoms with Crippen molar-refractivity contribution in [1.29, 1.82) is 0 Å². The molecule has 0 amide bonds. The molecule has 9 heteroatoms. The van der Waals surface area contributed by atoms with Gasteiger partial charge in [-0.15, -0.1) is 0 Å². The third-order valence-electron chi connectivity index (χ3n) is 5.88. The van der Waals surface area contributed by atoms with Gasteiger partial charge in [0.2, 0.25) is 0 Å². The van der Waals surface area contributed by atoms with Gasteiger partial charge in [0.1, 0.15) is 0 Å². The molecule has 0 radical (unpaired) electrons. The highest BCUT2D eigenvalue weighted by Gasteiger charge is 2.24. The van der Waals surface area contributed by atoms with E-state index in [1.165, 1.54) is 23.7 Å². The molecule has 0 atom stereocenters. The molecule has 164 valence electrons. The zero-order chi connectivity index (χ0) is 23.4. The SMILES string of the molecule is Cn1c(=O)c2c(-c3cc([N+](=O)[O-])ccc3Br)n(-c3cccc4ccccc34)cc2n(C)c1=O. The van der Waals surface area contributed by atoms with E-state index in [1.807, 2.05) is 47.0 Å². The Morgan fingerprint density at radius 1 is 0.939 bits per heavy atom. The third kappa shape index (κ3) is 3.12. The molecule has 0 aliphatic heterocycles. The molecule has 0 fully saturated rings. The van der Waals surface area contributed by atoms with Crippen molar-refractivity contribution >= 4 is 43.3 Å². The van der Waals surface area contributed by atoms with E-state index in [-0.39, 0.29) is 5.69 Å². The van der Waals surface area contributed by atoms with Gasteiger partial charge in [0, 0.05) is 47.8 Å². The van der Waals surface area contributed by atoms with E-state index in [9.17, 15) is 19.7 Å². The highest BCUT2D eigenvalue weighted by molar-refractivity contribution is 9.10. The summed E-state index contributed by atoms with van der Waals surface area (Å²) in [5.74, 6) is 0. The van der Waals surface area contributed by atoms with Crippen LogP contribution >= 0.6 is 15.9 Å². The second-order valence-corrected chi connectivity index (χ2v) is 8.59. The van der Waals surface area contributed by atoms with Crippen LogP contribution in [0.15, 0.2) is 80.9 Å². The summed E-state index contributed by atoms with van der Waals surface area (Å²) in [7, 11) is 3.02. The molecular weight excluding hydrogens is 488 g/mol. The van der Waals surface area contributed by atoms with Crippen LogP contribution in [0, 0.1) is 10.1 Å². The van der Waals surface area contributed by atoms with Gasteiger partial charge in [0.05, 0.1) is 27.2 Å². The van der Waals surface area contributed by atoms with Crippen LogP contribution in [0.3, 0.4) is 0 Å². The van der Waals surface area contributed by atoms with Crippen molar-refractivity contribution in [3.8, 4) is 16.9 Å². The lowest BCUT2D eigenvalue weighted by Crippen LogP contribution is -2.36. The Hall–Kier alpha value is -3.98. The molecule has 8 nitrogen and oxygen atoms in total. The number of aromatic nitrogens is 3. The van der Waals surface area contributed by atoms with Crippen molar-refractivity contribution in [2.24, 2.45) is 14.1 Å². The van der Waals surface area contributed by atoms with Crippen molar-refractivity contribution < 1.29 is 4.92 Å². The van der Waals surface area contributed by atoms with Crippen LogP contribution in [0.4, 0.5) is 5.69 Å². The maximum absolute atomic E-state index is 13.3. The first-order valence-electron chi connectivity index (χ1n) is 10.0. The molecule has 0 spiro atoms. The van der Waals surface area contributed by atoms with E-state index in [0.29, 0.717) is 26.6 Å². The number of nitro groups is 1. The van der Waals surface area contributed by atoms with Crippen LogP contribution in [0.5, 0.6) is 0 Å². The van der Waals surface area contributed by atoms with Gasteiger partial charge >= 0.3 is 5.69 Å². The fraction of sp³-hybridized carbons (Fsp3) is 0.0833. The average molecular weight is 505 g/mol. The molecule has 0 aliphatic carbocycles. The number of fused-ring (bicyclic) bond motifs is 2. The molecule has 0 unspecified atom stereocenters. The van der Waals surface area contributed by atoms with Gasteiger partial charge in [-0.1, -0.05) is 52.3 Å². The largest absolute Gasteiger partial charge is 0.330 e. The number of benzene rings is 3. The minimum atomic E-state index is -0.475. The van der Waals surface area contributed by atoms with Gasteiger partial charge in [-0.05, 0) is 17.5 Å². The van der Waals surface area contributed by atoms with Gasteiger partial charge in [-0.2, -0.15) is 0 Å². The first-order valence-corrected chi connectivity index (χ1v) is 10.8. The average Bonchev–Trinajstić information content (AvgIpc) is 3.21. The summed E-state index contributed by atoms with van der Waals surface area (Å²) in [6.07, 6.45) is 1.74. The number of halogens is 1. The molecule has 2 aromatic heterocycles. The lowest BCUT2D eigenvalue weighted by Gasteiger charge is -2.14. The normalized spacial score (nSPS) is 11.4. The van der Waals surface area contributed by atoms with Gasteiger partial charge in [0.25, 0.3) is 11.2 Å². The summed E-state index contributed by atoms with van der Waals surface area (Å²) < 4.78 is 4.88. The topological polar surface area (TPSA) is 92.1 Å². The zero-order valence-electron chi connectivity index (χ0n) is 17.7. The van der Waals surface area contributed by atoms with Crippen LogP contribution in [0.25, 0.3) is 38.6 Å². The van der Waals surface area contributed by atoms with Crippen molar-refractivity contribution in [3.63, 3.8) is 0 Å². The quantitative estimate of drug-likeness (QED) is 0.266. The van der Waals surface area contributed by atoms with E-state index < -0.39 is 16.2 Å². The van der Waals surface area contributed by atoms with E-state index in [2.05, 4.69) is 15.9 Å². The molecule has 33 heavy (non-hydrogen) atoms. The van der Waals surface area contributed by atoms with Crippen LogP contribution in [-0.4, -0.2) is 18.6 Å². The first-order chi connectivity index (χ1) is 15.8. The first kappa shape index (κ1) is 20.9. The number of non-ortho nitro benzene ring substituents is 1. The summed E-state index contributed by atoms with van der Waals surface area (Å²) in [6, 6.07) is 18.1. The van der Waals surface area contributed by atoms with Crippen LogP contribution in [0.1, 0.15) is 0 Å². The number of hydrogen-bond acceptors (Lipinski definition) is 4. The summed E-state index contributed by atoms with van der Waals surface area (Å²) in [6.45, 7) is 0. The van der Waals surface area contributed by atoms with Crippen LogP contribution < -0.4 is 11.2 Å². The summed E-state index contributed by atoms with van der Waals surface area (Å²) >= 11 is 3.51. The number of nitrogens with zero attached hydrogens (tertiary/aromatic N) is 4. The van der Waals surface area contributed by atoms with Crippen LogP contribution in [0.2, 0.25) is 0 Å². The Kier molecular flexibility index (Phi) is 4.79. The highest BCUT2D eigenvalue weighted by Crippen LogP contribution is 2.38. The number of hydrogen-bond donors (Lipinski definition) is 0. The van der Waals surface area contributed by atoms with E-state index >= 15 is 0 Å². The minimum absolute atomic E-state index is 0.103. The Labute approximate surface area is 195 Å². The monoisotopic (exact) mass is 504 g/mol. The number of aryl methyl sites for hydroxylation is 1. The second-order valence-electron chi connectivity index (χ2n) is 7.73. The zero-order valence-corrected chi connectivity index (χ0v) is 19.2. The molecule has 0 aliphatic rings. The Morgan fingerprint density at radius 3 is 2.42 bits per heavy atom. The van der Waals surface area contributed by atoms with E-state index in [0.717, 1.165) is 21.0 Å². The van der Waals surface area contributed by atoms with Gasteiger partial charge in [-0.3, -0.25) is 24.0 Å². The van der Waals surface area contributed by atoms with Gasteiger partial charge in [0.15, 0.2) is 0 Å². The minimum Gasteiger partial charge on any atom is -0.313 e. The fourth-order valence-electron chi connectivity index (χ4n) is 4.22. The standard InChI is InChI=1S/C24H17BrN4O4/c1-26-20-13-28(19-9-5-7-14-6-3-4-8-16(14)19)22(21(20)23(30)27(2)24(26)31)17-12-15(29(32)33)10-11-18(17)25/h3-13H,1-2H3. The Bertz CT molecular complexity index is 1720. The lowest BCUT2D eigenvalue weighted by atomic mass is 10.1. The molecule has 2 heterocycles. The summed E-state index contributed by atoms with van der Waals surface area (Å²) in [5, 5.41) is 13.8. The van der Waals surface area contributed by atoms with Crippen molar-refractivity contribution in [2.75, 3.05) is 0 Å². The maximum Gasteiger partial charge on any atom is 0.330 e. The predicted octanol–water partition coefficient (Wildman–Crippen LogP) is 4.52. The Morgan fingerprint density at radius 2 is 1.67 bits per heavy atom. The third-order valence-corrected chi connectivity index (χ3v) is 6.57. The molecular formula is C24H17BrN4O4. The summed E-state index contributed by atoms with van der Waals surface area (Å²) in [4.78, 5) is 37.0. The molecule has 0 bridgehead atoms. The number of rotatable bonds is 3. The molecule has 5 aromatic rings. The lowest BCUT2D eigenvalue weighted by molar-refractivity contribution is -0.384. The molecule has 3 aromatic carbocycles. The molecule has 0 saturated carbocycles. The summed E-state index contributed by atoms with van der Waals surface area (Å²) in [5.41, 5.74) is 1.13. The maximum atomic E-state index is 13.3. The molecule has 0 N–H and O–H groups in total. The van der Waals surface area contributed by atoms with Gasteiger partial charge < -0.3 is 4.57 Å².